The lowest BCUT2D eigenvalue weighted by atomic mass is 9.88. The lowest BCUT2D eigenvalue weighted by Gasteiger charge is -2.19. The van der Waals surface area contributed by atoms with Crippen LogP contribution in [0.1, 0.15) is 23.5 Å². The van der Waals surface area contributed by atoms with Crippen molar-refractivity contribution in [3.05, 3.63) is 90.0 Å². The molecule has 0 fully saturated rings. The smallest absolute Gasteiger partial charge is 0.319 e. The van der Waals surface area contributed by atoms with Crippen LogP contribution >= 0.6 is 0 Å². The molecule has 30 heavy (non-hydrogen) atoms. The van der Waals surface area contributed by atoms with Gasteiger partial charge in [-0.3, -0.25) is 4.79 Å². The molecule has 0 spiro atoms. The summed E-state index contributed by atoms with van der Waals surface area (Å²) < 4.78 is 5.38. The van der Waals surface area contributed by atoms with Crippen molar-refractivity contribution in [3.8, 4) is 5.75 Å². The van der Waals surface area contributed by atoms with Gasteiger partial charge >= 0.3 is 6.03 Å². The van der Waals surface area contributed by atoms with Crippen molar-refractivity contribution < 1.29 is 14.3 Å². The predicted octanol–water partition coefficient (Wildman–Crippen LogP) is 4.36. The SMILES string of the molecule is O=C1COc2cc(NC(=O)NCCC(c3ccccc3)c3ccccc3)ccc2N1. The van der Waals surface area contributed by atoms with Crippen LogP contribution in [0, 0.1) is 0 Å². The van der Waals surface area contributed by atoms with Crippen molar-refractivity contribution in [2.45, 2.75) is 12.3 Å². The van der Waals surface area contributed by atoms with Crippen LogP contribution < -0.4 is 20.7 Å². The van der Waals surface area contributed by atoms with Gasteiger partial charge in [-0.2, -0.15) is 0 Å². The molecule has 6 heteroatoms. The van der Waals surface area contributed by atoms with Gasteiger partial charge in [0, 0.05) is 24.2 Å². The molecule has 0 saturated carbocycles. The second-order valence-corrected chi connectivity index (χ2v) is 7.09. The largest absolute Gasteiger partial charge is 0.482 e. The highest BCUT2D eigenvalue weighted by molar-refractivity contribution is 5.96. The van der Waals surface area contributed by atoms with E-state index in [1.165, 1.54) is 11.1 Å². The average molecular weight is 401 g/mol. The first-order valence-electron chi connectivity index (χ1n) is 9.90. The number of hydrogen-bond acceptors (Lipinski definition) is 3. The molecule has 3 N–H and O–H groups in total. The molecule has 0 unspecified atom stereocenters. The Balaban J connectivity index is 1.35. The highest BCUT2D eigenvalue weighted by atomic mass is 16.5. The number of ether oxygens (including phenoxy) is 1. The van der Waals surface area contributed by atoms with E-state index in [1.54, 1.807) is 18.2 Å². The third-order valence-corrected chi connectivity index (χ3v) is 4.99. The Morgan fingerprint density at radius 3 is 2.30 bits per heavy atom. The van der Waals surface area contributed by atoms with Crippen LogP contribution in [0.15, 0.2) is 78.9 Å². The van der Waals surface area contributed by atoms with Gasteiger partial charge in [-0.25, -0.2) is 4.79 Å². The van der Waals surface area contributed by atoms with Gasteiger partial charge in [-0.05, 0) is 29.7 Å². The van der Waals surface area contributed by atoms with Gasteiger partial charge in [0.15, 0.2) is 6.61 Å². The Bertz CT molecular complexity index is 983. The van der Waals surface area contributed by atoms with Gasteiger partial charge in [0.1, 0.15) is 5.75 Å². The standard InChI is InChI=1S/C24H23N3O3/c28-23-16-30-22-15-19(11-12-21(22)27-23)26-24(29)25-14-13-20(17-7-3-1-4-8-17)18-9-5-2-6-10-18/h1-12,15,20H,13-14,16H2,(H,27,28)(H2,25,26,29). The first-order chi connectivity index (χ1) is 14.7. The maximum atomic E-state index is 12.4. The van der Waals surface area contributed by atoms with Crippen LogP contribution in [0.3, 0.4) is 0 Å². The van der Waals surface area contributed by atoms with Crippen molar-refractivity contribution in [2.24, 2.45) is 0 Å². The summed E-state index contributed by atoms with van der Waals surface area (Å²) in [4.78, 5) is 23.7. The Morgan fingerprint density at radius 2 is 1.63 bits per heavy atom. The summed E-state index contributed by atoms with van der Waals surface area (Å²) in [6, 6.07) is 25.5. The van der Waals surface area contributed by atoms with E-state index in [4.69, 9.17) is 4.74 Å². The molecule has 0 radical (unpaired) electrons. The maximum Gasteiger partial charge on any atom is 0.319 e. The number of benzene rings is 3. The van der Waals surface area contributed by atoms with E-state index < -0.39 is 0 Å². The van der Waals surface area contributed by atoms with Crippen LogP contribution in [-0.4, -0.2) is 25.1 Å². The van der Waals surface area contributed by atoms with E-state index in [1.807, 2.05) is 36.4 Å². The summed E-state index contributed by atoms with van der Waals surface area (Å²) in [6.07, 6.45) is 0.779. The maximum absolute atomic E-state index is 12.4. The summed E-state index contributed by atoms with van der Waals surface area (Å²) in [5.74, 6) is 0.557. The fraction of sp³-hybridized carbons (Fsp3) is 0.167. The normalized spacial score (nSPS) is 12.5. The lowest BCUT2D eigenvalue weighted by Crippen LogP contribution is -2.30. The zero-order valence-corrected chi connectivity index (χ0v) is 16.4. The van der Waals surface area contributed by atoms with Gasteiger partial charge in [0.2, 0.25) is 0 Å². The van der Waals surface area contributed by atoms with Crippen LogP contribution in [0.4, 0.5) is 16.2 Å². The topological polar surface area (TPSA) is 79.5 Å². The number of nitrogens with one attached hydrogen (secondary N) is 3. The molecule has 0 atom stereocenters. The Kier molecular flexibility index (Phi) is 5.94. The number of anilines is 2. The first-order valence-corrected chi connectivity index (χ1v) is 9.90. The Morgan fingerprint density at radius 1 is 0.967 bits per heavy atom. The van der Waals surface area contributed by atoms with Gasteiger partial charge in [0.05, 0.1) is 5.69 Å². The van der Waals surface area contributed by atoms with Gasteiger partial charge in [-0.15, -0.1) is 0 Å². The third-order valence-electron chi connectivity index (χ3n) is 4.99. The fourth-order valence-electron chi connectivity index (χ4n) is 3.55. The van der Waals surface area contributed by atoms with E-state index in [0.717, 1.165) is 6.42 Å². The average Bonchev–Trinajstić information content (AvgIpc) is 2.78. The van der Waals surface area contributed by atoms with Crippen molar-refractivity contribution in [2.75, 3.05) is 23.8 Å². The predicted molar refractivity (Wildman–Crippen MR) is 117 cm³/mol. The highest BCUT2D eigenvalue weighted by Crippen LogP contribution is 2.30. The molecule has 0 saturated heterocycles. The number of fused-ring (bicyclic) bond motifs is 1. The van der Waals surface area contributed by atoms with E-state index in [2.05, 4.69) is 40.2 Å². The summed E-state index contributed by atoms with van der Waals surface area (Å²) in [5.41, 5.74) is 3.65. The molecule has 0 aliphatic carbocycles. The Hall–Kier alpha value is -3.80. The minimum atomic E-state index is -0.283. The molecule has 3 aromatic carbocycles. The van der Waals surface area contributed by atoms with Gasteiger partial charge in [0.25, 0.3) is 5.91 Å². The summed E-state index contributed by atoms with van der Waals surface area (Å²) in [5, 5.41) is 8.47. The molecular weight excluding hydrogens is 378 g/mol. The van der Waals surface area contributed by atoms with Gasteiger partial charge < -0.3 is 20.7 Å². The molecule has 3 aromatic rings. The van der Waals surface area contributed by atoms with E-state index in [0.29, 0.717) is 23.7 Å². The third kappa shape index (κ3) is 4.78. The minimum Gasteiger partial charge on any atom is -0.482 e. The van der Waals surface area contributed by atoms with Crippen LogP contribution in [-0.2, 0) is 4.79 Å². The van der Waals surface area contributed by atoms with Gasteiger partial charge in [-0.1, -0.05) is 60.7 Å². The zero-order valence-electron chi connectivity index (χ0n) is 16.4. The monoisotopic (exact) mass is 401 g/mol. The van der Waals surface area contributed by atoms with Crippen LogP contribution in [0.2, 0.25) is 0 Å². The lowest BCUT2D eigenvalue weighted by molar-refractivity contribution is -0.118. The van der Waals surface area contributed by atoms with Crippen LogP contribution in [0.5, 0.6) is 5.75 Å². The molecule has 1 aliphatic heterocycles. The molecule has 1 aliphatic rings. The number of urea groups is 1. The van der Waals surface area contributed by atoms with Crippen molar-refractivity contribution in [1.82, 2.24) is 5.32 Å². The summed E-state index contributed by atoms with van der Waals surface area (Å²) >= 11 is 0. The molecule has 3 amide bonds. The zero-order chi connectivity index (χ0) is 20.8. The molecule has 1 heterocycles. The molecular formula is C24H23N3O3. The number of hydrogen-bond donors (Lipinski definition) is 3. The van der Waals surface area contributed by atoms with Crippen molar-refractivity contribution in [1.29, 1.82) is 0 Å². The van der Waals surface area contributed by atoms with E-state index >= 15 is 0 Å². The second kappa shape index (κ2) is 9.13. The van der Waals surface area contributed by atoms with Crippen LogP contribution in [0.25, 0.3) is 0 Å². The first kappa shape index (κ1) is 19.5. The summed E-state index contributed by atoms with van der Waals surface area (Å²) in [7, 11) is 0. The molecule has 0 aromatic heterocycles. The minimum absolute atomic E-state index is 0.0248. The number of amides is 3. The molecule has 6 nitrogen and oxygen atoms in total. The second-order valence-electron chi connectivity index (χ2n) is 7.09. The number of rotatable bonds is 6. The number of carbonyl (C=O) groups excluding carboxylic acids is 2. The highest BCUT2D eigenvalue weighted by Gasteiger charge is 2.17. The number of carbonyl (C=O) groups is 2. The molecule has 0 bridgehead atoms. The van der Waals surface area contributed by atoms with E-state index in [-0.39, 0.29) is 24.5 Å². The van der Waals surface area contributed by atoms with Crippen molar-refractivity contribution >= 4 is 23.3 Å². The summed E-state index contributed by atoms with van der Waals surface area (Å²) in [6.45, 7) is 0.501. The molecule has 4 rings (SSSR count). The quantitative estimate of drug-likeness (QED) is 0.574. The van der Waals surface area contributed by atoms with E-state index in [9.17, 15) is 9.59 Å². The van der Waals surface area contributed by atoms with Crippen molar-refractivity contribution in [3.63, 3.8) is 0 Å². The molecule has 152 valence electrons. The fourth-order valence-corrected chi connectivity index (χ4v) is 3.55. The Labute approximate surface area is 175 Å².